The van der Waals surface area contributed by atoms with Crippen LogP contribution in [-0.4, -0.2) is 53.2 Å². The molecule has 0 bridgehead atoms. The van der Waals surface area contributed by atoms with Gasteiger partial charge in [-0.1, -0.05) is 0 Å². The van der Waals surface area contributed by atoms with Gasteiger partial charge in [-0.05, 0) is 49.2 Å². The standard InChI is InChI=1S/C27H25F3N8O2/c1-35-21-9-7-16(27(28,29)30)11-20(21)33-22(35)13-38(37(3)25(39)14-4-5-14)26(40)15-6-8-19-17(10-15)23-18(24(31)34-19)12-32-36(23)2/h6-12,14H,4-5,13H2,1-3H3,(H2,31,34). The number of aromatic nitrogens is 5. The first-order valence-electron chi connectivity index (χ1n) is 12.6. The molecule has 206 valence electrons. The maximum absolute atomic E-state index is 14.0. The lowest BCUT2D eigenvalue weighted by Crippen LogP contribution is -2.48. The number of fused-ring (bicyclic) bond motifs is 4. The molecule has 0 saturated heterocycles. The third-order valence-corrected chi connectivity index (χ3v) is 7.39. The summed E-state index contributed by atoms with van der Waals surface area (Å²) in [5, 5.41) is 8.14. The Kier molecular flexibility index (Phi) is 5.71. The van der Waals surface area contributed by atoms with Crippen LogP contribution in [0.2, 0.25) is 0 Å². The number of imidazole rings is 1. The molecule has 3 heterocycles. The molecule has 10 nitrogen and oxygen atoms in total. The molecule has 5 aromatic rings. The minimum absolute atomic E-state index is 0.139. The smallest absolute Gasteiger partial charge is 0.383 e. The molecule has 2 amide bonds. The summed E-state index contributed by atoms with van der Waals surface area (Å²) >= 11 is 0. The van der Waals surface area contributed by atoms with Crippen molar-refractivity contribution in [3.8, 4) is 0 Å². The van der Waals surface area contributed by atoms with Crippen molar-refractivity contribution in [2.45, 2.75) is 25.6 Å². The topological polar surface area (TPSA) is 115 Å². The van der Waals surface area contributed by atoms with Gasteiger partial charge in [0.15, 0.2) is 0 Å². The predicted octanol–water partition coefficient (Wildman–Crippen LogP) is 4.04. The van der Waals surface area contributed by atoms with Crippen molar-refractivity contribution in [1.82, 2.24) is 34.3 Å². The Morgan fingerprint density at radius 3 is 2.50 bits per heavy atom. The number of nitrogen functional groups attached to an aromatic ring is 1. The summed E-state index contributed by atoms with van der Waals surface area (Å²) in [4.78, 5) is 35.9. The van der Waals surface area contributed by atoms with Gasteiger partial charge in [-0.3, -0.25) is 19.3 Å². The largest absolute Gasteiger partial charge is 0.416 e. The molecule has 1 aliphatic rings. The van der Waals surface area contributed by atoms with Crippen LogP contribution in [0.5, 0.6) is 0 Å². The number of hydrogen-bond acceptors (Lipinski definition) is 6. The Balaban J connectivity index is 1.42. The van der Waals surface area contributed by atoms with E-state index in [1.54, 1.807) is 47.7 Å². The van der Waals surface area contributed by atoms with Gasteiger partial charge in [-0.2, -0.15) is 18.3 Å². The number of aryl methyl sites for hydroxylation is 2. The highest BCUT2D eigenvalue weighted by molar-refractivity contribution is 6.10. The van der Waals surface area contributed by atoms with Gasteiger partial charge in [-0.25, -0.2) is 15.0 Å². The van der Waals surface area contributed by atoms with Gasteiger partial charge in [-0.15, -0.1) is 0 Å². The summed E-state index contributed by atoms with van der Waals surface area (Å²) in [6.07, 6.45) is -1.44. The zero-order chi connectivity index (χ0) is 28.5. The van der Waals surface area contributed by atoms with Crippen LogP contribution in [0, 0.1) is 5.92 Å². The molecule has 0 radical (unpaired) electrons. The molecule has 0 unspecified atom stereocenters. The minimum Gasteiger partial charge on any atom is -0.383 e. The van der Waals surface area contributed by atoms with Crippen LogP contribution in [0.25, 0.3) is 32.8 Å². The fourth-order valence-corrected chi connectivity index (χ4v) is 4.97. The third kappa shape index (κ3) is 4.17. The number of carbonyl (C=O) groups is 2. The number of amides is 2. The lowest BCUT2D eigenvalue weighted by Gasteiger charge is -2.32. The Bertz CT molecular complexity index is 1840. The number of nitrogens with two attached hydrogens (primary N) is 1. The third-order valence-electron chi connectivity index (χ3n) is 7.39. The summed E-state index contributed by atoms with van der Waals surface area (Å²) in [6, 6.07) is 8.29. The number of pyridine rings is 1. The normalized spacial score (nSPS) is 13.8. The monoisotopic (exact) mass is 550 g/mol. The number of hydrogen-bond donors (Lipinski definition) is 1. The number of nitrogens with zero attached hydrogens (tertiary/aromatic N) is 7. The summed E-state index contributed by atoms with van der Waals surface area (Å²) < 4.78 is 43.1. The van der Waals surface area contributed by atoms with Gasteiger partial charge >= 0.3 is 6.18 Å². The van der Waals surface area contributed by atoms with E-state index < -0.39 is 17.6 Å². The highest BCUT2D eigenvalue weighted by atomic mass is 19.4. The Morgan fingerprint density at radius 1 is 1.05 bits per heavy atom. The van der Waals surface area contributed by atoms with Gasteiger partial charge in [0.1, 0.15) is 18.2 Å². The van der Waals surface area contributed by atoms with Crippen LogP contribution in [0.4, 0.5) is 19.0 Å². The van der Waals surface area contributed by atoms with Gasteiger partial charge in [0, 0.05) is 38.0 Å². The minimum atomic E-state index is -4.51. The number of carbonyl (C=O) groups excluding carboxylic acids is 2. The van der Waals surface area contributed by atoms with Crippen LogP contribution in [-0.2, 0) is 31.6 Å². The summed E-state index contributed by atoms with van der Waals surface area (Å²) in [5.41, 5.74) is 7.47. The molecule has 1 aliphatic carbocycles. The molecule has 40 heavy (non-hydrogen) atoms. The zero-order valence-electron chi connectivity index (χ0n) is 21.9. The first-order valence-corrected chi connectivity index (χ1v) is 12.6. The molecule has 2 N–H and O–H groups in total. The van der Waals surface area contributed by atoms with Crippen molar-refractivity contribution in [3.63, 3.8) is 0 Å². The van der Waals surface area contributed by atoms with Crippen LogP contribution >= 0.6 is 0 Å². The molecule has 13 heteroatoms. The van der Waals surface area contributed by atoms with Crippen molar-refractivity contribution in [2.24, 2.45) is 20.0 Å². The highest BCUT2D eigenvalue weighted by Crippen LogP contribution is 2.34. The lowest BCUT2D eigenvalue weighted by molar-refractivity contribution is -0.144. The quantitative estimate of drug-likeness (QED) is 0.338. The molecule has 0 spiro atoms. The SMILES string of the molecule is CN(C(=O)C1CC1)N(Cc1nc2cc(C(F)(F)F)ccc2n1C)C(=O)c1ccc2nc(N)c3cnn(C)c3c2c1. The van der Waals surface area contributed by atoms with E-state index >= 15 is 0 Å². The number of hydrazine groups is 1. The number of rotatable bonds is 4. The maximum Gasteiger partial charge on any atom is 0.416 e. The second-order valence-electron chi connectivity index (χ2n) is 10.0. The predicted molar refractivity (Wildman–Crippen MR) is 142 cm³/mol. The second kappa shape index (κ2) is 8.93. The summed E-state index contributed by atoms with van der Waals surface area (Å²) in [6.45, 7) is -0.139. The average Bonchev–Trinajstić information content (AvgIpc) is 3.63. The van der Waals surface area contributed by atoms with E-state index in [0.717, 1.165) is 25.0 Å². The average molecular weight is 551 g/mol. The van der Waals surface area contributed by atoms with Crippen LogP contribution in [0.1, 0.15) is 34.6 Å². The zero-order valence-corrected chi connectivity index (χ0v) is 21.9. The number of benzene rings is 2. The van der Waals surface area contributed by atoms with E-state index in [0.29, 0.717) is 39.0 Å². The maximum atomic E-state index is 14.0. The van der Waals surface area contributed by atoms with Crippen LogP contribution in [0.3, 0.4) is 0 Å². The summed E-state index contributed by atoms with van der Waals surface area (Å²) in [7, 11) is 4.94. The van der Waals surface area contributed by atoms with Crippen LogP contribution < -0.4 is 5.73 Å². The number of halogens is 3. The van der Waals surface area contributed by atoms with Gasteiger partial charge in [0.05, 0.1) is 39.2 Å². The fraction of sp³-hybridized carbons (Fsp3) is 0.296. The van der Waals surface area contributed by atoms with Gasteiger partial charge < -0.3 is 10.3 Å². The summed E-state index contributed by atoms with van der Waals surface area (Å²) in [5.74, 6) is -0.221. The van der Waals surface area contributed by atoms with Gasteiger partial charge in [0.25, 0.3) is 5.91 Å². The number of alkyl halides is 3. The fourth-order valence-electron chi connectivity index (χ4n) is 4.97. The first-order chi connectivity index (χ1) is 18.9. The van der Waals surface area contributed by atoms with E-state index in [-0.39, 0.29) is 29.4 Å². The van der Waals surface area contributed by atoms with Gasteiger partial charge in [0.2, 0.25) is 5.91 Å². The van der Waals surface area contributed by atoms with Crippen molar-refractivity contribution >= 4 is 50.5 Å². The Hall–Kier alpha value is -4.68. The molecule has 1 saturated carbocycles. The van der Waals surface area contributed by atoms with E-state index in [4.69, 9.17) is 5.73 Å². The van der Waals surface area contributed by atoms with E-state index in [2.05, 4.69) is 15.1 Å². The highest BCUT2D eigenvalue weighted by Gasteiger charge is 2.36. The van der Waals surface area contributed by atoms with Crippen molar-refractivity contribution in [1.29, 1.82) is 0 Å². The molecule has 0 atom stereocenters. The Morgan fingerprint density at radius 2 is 1.80 bits per heavy atom. The van der Waals surface area contributed by atoms with E-state index in [1.165, 1.54) is 23.1 Å². The van der Waals surface area contributed by atoms with Crippen molar-refractivity contribution in [3.05, 3.63) is 59.5 Å². The molecule has 6 rings (SSSR count). The molecule has 3 aromatic heterocycles. The molecule has 1 fully saturated rings. The molecular weight excluding hydrogens is 525 g/mol. The second-order valence-corrected chi connectivity index (χ2v) is 10.0. The van der Waals surface area contributed by atoms with E-state index in [9.17, 15) is 22.8 Å². The molecule has 0 aliphatic heterocycles. The molecule has 2 aromatic carbocycles. The lowest BCUT2D eigenvalue weighted by atomic mass is 10.1. The Labute approximate surface area is 225 Å². The first kappa shape index (κ1) is 25.6. The molecular formula is C27H25F3N8O2. The van der Waals surface area contributed by atoms with Crippen molar-refractivity contribution < 1.29 is 22.8 Å². The number of anilines is 1. The van der Waals surface area contributed by atoms with Crippen molar-refractivity contribution in [2.75, 3.05) is 12.8 Å². The van der Waals surface area contributed by atoms with E-state index in [1.807, 2.05) is 0 Å². The van der Waals surface area contributed by atoms with Crippen LogP contribution in [0.15, 0.2) is 42.6 Å².